The van der Waals surface area contributed by atoms with Crippen molar-refractivity contribution in [3.8, 4) is 11.3 Å². The van der Waals surface area contributed by atoms with E-state index in [9.17, 15) is 5.11 Å². The van der Waals surface area contributed by atoms with Crippen LogP contribution in [0.1, 0.15) is 18.6 Å². The summed E-state index contributed by atoms with van der Waals surface area (Å²) in [7, 11) is 0. The van der Waals surface area contributed by atoms with Gasteiger partial charge in [-0.3, -0.25) is 0 Å². The van der Waals surface area contributed by atoms with E-state index in [1.54, 1.807) is 18.4 Å². The highest BCUT2D eigenvalue weighted by molar-refractivity contribution is 6.30. The maximum absolute atomic E-state index is 10.2. The fraction of sp³-hybridized carbons (Fsp3) is 0.238. The average molecular weight is 371 g/mol. The topological polar surface area (TPSA) is 57.4 Å². The van der Waals surface area contributed by atoms with Gasteiger partial charge in [-0.05, 0) is 61.0 Å². The fourth-order valence-electron chi connectivity index (χ4n) is 2.68. The monoisotopic (exact) mass is 370 g/mol. The minimum atomic E-state index is -0.580. The molecule has 1 heterocycles. The molecule has 0 aliphatic rings. The standard InChI is InChI=1S/C21H23ClN2O2/c1-15(23-14-20(25)17-4-2-5-18(22)12-17)13-24-19-9-7-16(8-10-19)21-6-3-11-26-21/h2-12,15,20,23-25H,13-14H2,1H3/t15-,20+/m1/s1. The van der Waals surface area contributed by atoms with E-state index in [2.05, 4.69) is 17.6 Å². The van der Waals surface area contributed by atoms with E-state index in [4.69, 9.17) is 16.0 Å². The van der Waals surface area contributed by atoms with Crippen molar-refractivity contribution in [1.82, 2.24) is 5.32 Å². The first-order chi connectivity index (χ1) is 12.6. The number of hydrogen-bond donors (Lipinski definition) is 3. The Morgan fingerprint density at radius 1 is 1.04 bits per heavy atom. The molecule has 2 atom stereocenters. The fourth-order valence-corrected chi connectivity index (χ4v) is 2.88. The first-order valence-corrected chi connectivity index (χ1v) is 9.04. The van der Waals surface area contributed by atoms with E-state index in [1.807, 2.05) is 48.5 Å². The summed E-state index contributed by atoms with van der Waals surface area (Å²) in [5, 5.41) is 17.6. The van der Waals surface area contributed by atoms with Gasteiger partial charge >= 0.3 is 0 Å². The summed E-state index contributed by atoms with van der Waals surface area (Å²) in [5.74, 6) is 0.863. The Labute approximate surface area is 158 Å². The van der Waals surface area contributed by atoms with Crippen molar-refractivity contribution in [2.24, 2.45) is 0 Å². The first-order valence-electron chi connectivity index (χ1n) is 8.66. The second-order valence-electron chi connectivity index (χ2n) is 6.32. The van der Waals surface area contributed by atoms with Gasteiger partial charge in [-0.15, -0.1) is 0 Å². The van der Waals surface area contributed by atoms with Crippen LogP contribution in [0.15, 0.2) is 71.3 Å². The molecule has 3 aromatic rings. The Morgan fingerprint density at radius 3 is 2.54 bits per heavy atom. The summed E-state index contributed by atoms with van der Waals surface area (Å²) >= 11 is 5.97. The highest BCUT2D eigenvalue weighted by Crippen LogP contribution is 2.21. The van der Waals surface area contributed by atoms with Crippen LogP contribution in [0, 0.1) is 0 Å². The maximum Gasteiger partial charge on any atom is 0.133 e. The van der Waals surface area contributed by atoms with Gasteiger partial charge in [0.25, 0.3) is 0 Å². The van der Waals surface area contributed by atoms with E-state index in [0.717, 1.165) is 29.1 Å². The third-order valence-corrected chi connectivity index (χ3v) is 4.43. The number of nitrogens with one attached hydrogen (secondary N) is 2. The molecule has 0 fully saturated rings. The smallest absolute Gasteiger partial charge is 0.133 e. The second kappa shape index (κ2) is 8.90. The number of aliphatic hydroxyl groups is 1. The minimum absolute atomic E-state index is 0.202. The van der Waals surface area contributed by atoms with Crippen LogP contribution < -0.4 is 10.6 Å². The molecule has 0 saturated carbocycles. The van der Waals surface area contributed by atoms with Gasteiger partial charge in [-0.25, -0.2) is 0 Å². The summed E-state index contributed by atoms with van der Waals surface area (Å²) < 4.78 is 5.39. The van der Waals surface area contributed by atoms with E-state index in [-0.39, 0.29) is 6.04 Å². The molecule has 0 unspecified atom stereocenters. The van der Waals surface area contributed by atoms with E-state index < -0.39 is 6.10 Å². The molecular formula is C21H23ClN2O2. The minimum Gasteiger partial charge on any atom is -0.464 e. The molecule has 136 valence electrons. The number of furan rings is 1. The number of aliphatic hydroxyl groups excluding tert-OH is 1. The number of rotatable bonds is 8. The number of anilines is 1. The molecule has 3 rings (SSSR count). The zero-order chi connectivity index (χ0) is 18.4. The van der Waals surface area contributed by atoms with Crippen LogP contribution in [-0.4, -0.2) is 24.2 Å². The second-order valence-corrected chi connectivity index (χ2v) is 6.75. The lowest BCUT2D eigenvalue weighted by molar-refractivity contribution is 0.171. The highest BCUT2D eigenvalue weighted by Gasteiger charge is 2.10. The summed E-state index contributed by atoms with van der Waals surface area (Å²) in [4.78, 5) is 0. The van der Waals surface area contributed by atoms with Gasteiger partial charge < -0.3 is 20.2 Å². The Hall–Kier alpha value is -2.27. The lowest BCUT2D eigenvalue weighted by atomic mass is 10.1. The van der Waals surface area contributed by atoms with Gasteiger partial charge in [0.15, 0.2) is 0 Å². The molecule has 0 saturated heterocycles. The number of hydrogen-bond acceptors (Lipinski definition) is 4. The summed E-state index contributed by atoms with van der Waals surface area (Å²) in [6.45, 7) is 3.30. The highest BCUT2D eigenvalue weighted by atomic mass is 35.5. The predicted octanol–water partition coefficient (Wildman–Crippen LogP) is 4.72. The normalized spacial score (nSPS) is 13.3. The van der Waals surface area contributed by atoms with Gasteiger partial charge in [-0.2, -0.15) is 0 Å². The molecule has 1 aromatic heterocycles. The van der Waals surface area contributed by atoms with Crippen LogP contribution in [0.25, 0.3) is 11.3 Å². The van der Waals surface area contributed by atoms with Crippen LogP contribution in [-0.2, 0) is 0 Å². The Bertz CT molecular complexity index is 803. The molecule has 5 heteroatoms. The van der Waals surface area contributed by atoms with Crippen LogP contribution in [0.5, 0.6) is 0 Å². The molecule has 26 heavy (non-hydrogen) atoms. The van der Waals surface area contributed by atoms with Crippen molar-refractivity contribution in [3.63, 3.8) is 0 Å². The van der Waals surface area contributed by atoms with Crippen molar-refractivity contribution in [3.05, 3.63) is 77.5 Å². The van der Waals surface area contributed by atoms with Crippen molar-refractivity contribution < 1.29 is 9.52 Å². The van der Waals surface area contributed by atoms with Gasteiger partial charge in [-0.1, -0.05) is 23.7 Å². The van der Waals surface area contributed by atoms with Gasteiger partial charge in [0.2, 0.25) is 0 Å². The van der Waals surface area contributed by atoms with Crippen molar-refractivity contribution in [1.29, 1.82) is 0 Å². The average Bonchev–Trinajstić information content (AvgIpc) is 3.19. The number of benzene rings is 2. The lowest BCUT2D eigenvalue weighted by Gasteiger charge is -2.18. The summed E-state index contributed by atoms with van der Waals surface area (Å²) in [6.07, 6.45) is 1.09. The van der Waals surface area contributed by atoms with E-state index in [0.29, 0.717) is 11.6 Å². The molecule has 0 spiro atoms. The molecule has 2 aromatic carbocycles. The van der Waals surface area contributed by atoms with E-state index >= 15 is 0 Å². The van der Waals surface area contributed by atoms with Crippen molar-refractivity contribution >= 4 is 17.3 Å². The summed E-state index contributed by atoms with van der Waals surface area (Å²) in [6, 6.07) is 19.5. The Morgan fingerprint density at radius 2 is 1.85 bits per heavy atom. The van der Waals surface area contributed by atoms with Gasteiger partial charge in [0.05, 0.1) is 12.4 Å². The van der Waals surface area contributed by atoms with Gasteiger partial charge in [0, 0.05) is 35.4 Å². The molecule has 0 aliphatic heterocycles. The molecule has 0 aliphatic carbocycles. The summed E-state index contributed by atoms with van der Waals surface area (Å²) in [5.41, 5.74) is 2.92. The Balaban J connectivity index is 1.44. The molecule has 4 nitrogen and oxygen atoms in total. The largest absolute Gasteiger partial charge is 0.464 e. The molecule has 3 N–H and O–H groups in total. The van der Waals surface area contributed by atoms with Crippen LogP contribution >= 0.6 is 11.6 Å². The lowest BCUT2D eigenvalue weighted by Crippen LogP contribution is -2.35. The zero-order valence-corrected chi connectivity index (χ0v) is 15.4. The maximum atomic E-state index is 10.2. The number of halogens is 1. The van der Waals surface area contributed by atoms with Crippen molar-refractivity contribution in [2.75, 3.05) is 18.4 Å². The van der Waals surface area contributed by atoms with Gasteiger partial charge in [0.1, 0.15) is 5.76 Å². The van der Waals surface area contributed by atoms with Crippen LogP contribution in [0.2, 0.25) is 5.02 Å². The first kappa shape index (κ1) is 18.5. The van der Waals surface area contributed by atoms with Crippen LogP contribution in [0.4, 0.5) is 5.69 Å². The Kier molecular flexibility index (Phi) is 6.34. The third kappa shape index (κ3) is 5.11. The molecule has 0 radical (unpaired) electrons. The quantitative estimate of drug-likeness (QED) is 0.536. The third-order valence-electron chi connectivity index (χ3n) is 4.20. The zero-order valence-electron chi connectivity index (χ0n) is 14.7. The molecular weight excluding hydrogens is 348 g/mol. The molecule has 0 bridgehead atoms. The molecule has 0 amide bonds. The predicted molar refractivity (Wildman–Crippen MR) is 107 cm³/mol. The SMILES string of the molecule is C[C@H](CNc1ccc(-c2ccco2)cc1)NC[C@H](O)c1cccc(Cl)c1. The van der Waals surface area contributed by atoms with E-state index in [1.165, 1.54) is 0 Å². The van der Waals surface area contributed by atoms with Crippen molar-refractivity contribution in [2.45, 2.75) is 19.1 Å². The van der Waals surface area contributed by atoms with Crippen LogP contribution in [0.3, 0.4) is 0 Å².